The van der Waals surface area contributed by atoms with E-state index in [1.165, 1.54) is 0 Å². The van der Waals surface area contributed by atoms with E-state index in [2.05, 4.69) is 21.2 Å². The summed E-state index contributed by atoms with van der Waals surface area (Å²) in [6, 6.07) is 7.48. The number of nitrogens with one attached hydrogen (secondary N) is 3. The van der Waals surface area contributed by atoms with Gasteiger partial charge in [-0.1, -0.05) is 6.07 Å². The van der Waals surface area contributed by atoms with Gasteiger partial charge >= 0.3 is 0 Å². The number of hydrogen-bond donors (Lipinski definition) is 3. The van der Waals surface area contributed by atoms with Crippen molar-refractivity contribution in [3.8, 4) is 0 Å². The van der Waals surface area contributed by atoms with Gasteiger partial charge in [-0.15, -0.1) is 0 Å². The first-order valence-electron chi connectivity index (χ1n) is 6.96. The maximum absolute atomic E-state index is 12.1. The number of furan rings is 1. The van der Waals surface area contributed by atoms with Crippen LogP contribution in [0.3, 0.4) is 0 Å². The van der Waals surface area contributed by atoms with Crippen LogP contribution >= 0.6 is 0 Å². The molecule has 110 valence electrons. The molecular weight excluding hydrogens is 268 g/mol. The van der Waals surface area contributed by atoms with Crippen molar-refractivity contribution in [2.45, 2.75) is 32.0 Å². The second-order valence-electron chi connectivity index (χ2n) is 5.15. The first-order chi connectivity index (χ1) is 10.2. The van der Waals surface area contributed by atoms with E-state index in [0.29, 0.717) is 13.0 Å². The van der Waals surface area contributed by atoms with Crippen LogP contribution in [0.1, 0.15) is 29.5 Å². The standard InChI is InChI=1S/C15H18N4O2/c1-10-4-5-12(21-10)9-17-15(20)14-7-13(18-19-14)11-3-2-6-16-8-11/h2-6,8,13-14,18-19H,7,9H2,1H3,(H,17,20). The monoisotopic (exact) mass is 286 g/mol. The van der Waals surface area contributed by atoms with E-state index < -0.39 is 0 Å². The number of carbonyl (C=O) groups excluding carboxylic acids is 1. The lowest BCUT2D eigenvalue weighted by molar-refractivity contribution is -0.123. The smallest absolute Gasteiger partial charge is 0.238 e. The summed E-state index contributed by atoms with van der Waals surface area (Å²) in [6.07, 6.45) is 4.24. The summed E-state index contributed by atoms with van der Waals surface area (Å²) in [5.74, 6) is 1.56. The summed E-state index contributed by atoms with van der Waals surface area (Å²) in [6.45, 7) is 2.29. The van der Waals surface area contributed by atoms with Crippen LogP contribution in [0.25, 0.3) is 0 Å². The van der Waals surface area contributed by atoms with E-state index >= 15 is 0 Å². The van der Waals surface area contributed by atoms with Gasteiger partial charge in [-0.05, 0) is 37.1 Å². The van der Waals surface area contributed by atoms with E-state index in [-0.39, 0.29) is 18.0 Å². The third kappa shape index (κ3) is 3.29. The van der Waals surface area contributed by atoms with Crippen LogP contribution in [-0.2, 0) is 11.3 Å². The van der Waals surface area contributed by atoms with Crippen LogP contribution in [0.5, 0.6) is 0 Å². The lowest BCUT2D eigenvalue weighted by Gasteiger charge is -2.09. The Bertz CT molecular complexity index is 611. The average Bonchev–Trinajstić information content (AvgIpc) is 3.15. The van der Waals surface area contributed by atoms with Gasteiger partial charge in [0.2, 0.25) is 5.91 Å². The van der Waals surface area contributed by atoms with Crippen molar-refractivity contribution in [2.24, 2.45) is 0 Å². The average molecular weight is 286 g/mol. The molecule has 3 N–H and O–H groups in total. The Hall–Kier alpha value is -2.18. The zero-order valence-electron chi connectivity index (χ0n) is 11.8. The molecule has 0 saturated carbocycles. The summed E-state index contributed by atoms with van der Waals surface area (Å²) in [5, 5.41) is 2.88. The van der Waals surface area contributed by atoms with Crippen LogP contribution in [0.4, 0.5) is 0 Å². The highest BCUT2D eigenvalue weighted by Gasteiger charge is 2.30. The van der Waals surface area contributed by atoms with E-state index in [9.17, 15) is 4.79 Å². The number of amides is 1. The van der Waals surface area contributed by atoms with Crippen LogP contribution in [0.2, 0.25) is 0 Å². The molecule has 3 rings (SSSR count). The third-order valence-electron chi connectivity index (χ3n) is 3.54. The molecule has 2 unspecified atom stereocenters. The molecule has 0 aliphatic carbocycles. The predicted octanol–water partition coefficient (Wildman–Crippen LogP) is 1.21. The third-order valence-corrected chi connectivity index (χ3v) is 3.54. The molecular formula is C15H18N4O2. The molecule has 6 heteroatoms. The molecule has 1 amide bonds. The molecule has 2 aromatic heterocycles. The topological polar surface area (TPSA) is 79.2 Å². The number of aromatic nitrogens is 1. The lowest BCUT2D eigenvalue weighted by Crippen LogP contribution is -2.42. The van der Waals surface area contributed by atoms with Gasteiger partial charge in [0.05, 0.1) is 6.54 Å². The minimum Gasteiger partial charge on any atom is -0.465 e. The summed E-state index contributed by atoms with van der Waals surface area (Å²) in [5.41, 5.74) is 7.23. The van der Waals surface area contributed by atoms with Gasteiger partial charge in [0.25, 0.3) is 0 Å². The fraction of sp³-hybridized carbons (Fsp3) is 0.333. The molecule has 1 fully saturated rings. The van der Waals surface area contributed by atoms with Crippen molar-refractivity contribution < 1.29 is 9.21 Å². The van der Waals surface area contributed by atoms with Crippen LogP contribution < -0.4 is 16.2 Å². The highest BCUT2D eigenvalue weighted by atomic mass is 16.3. The van der Waals surface area contributed by atoms with Crippen LogP contribution in [0, 0.1) is 6.92 Å². The zero-order chi connectivity index (χ0) is 14.7. The summed E-state index contributed by atoms with van der Waals surface area (Å²) in [4.78, 5) is 16.2. The minimum atomic E-state index is -0.258. The van der Waals surface area contributed by atoms with E-state index in [4.69, 9.17) is 4.42 Å². The quantitative estimate of drug-likeness (QED) is 0.787. The molecule has 6 nitrogen and oxygen atoms in total. The molecule has 2 aromatic rings. The maximum atomic E-state index is 12.1. The predicted molar refractivity (Wildman–Crippen MR) is 76.9 cm³/mol. The highest BCUT2D eigenvalue weighted by molar-refractivity contribution is 5.82. The fourth-order valence-corrected chi connectivity index (χ4v) is 2.41. The van der Waals surface area contributed by atoms with Crippen LogP contribution in [-0.4, -0.2) is 16.9 Å². The summed E-state index contributed by atoms with van der Waals surface area (Å²) >= 11 is 0. The van der Waals surface area contributed by atoms with Gasteiger partial charge in [0.15, 0.2) is 0 Å². The number of hydrogen-bond acceptors (Lipinski definition) is 5. The van der Waals surface area contributed by atoms with Gasteiger partial charge in [0, 0.05) is 18.4 Å². The second-order valence-corrected chi connectivity index (χ2v) is 5.15. The molecule has 0 bridgehead atoms. The Balaban J connectivity index is 1.52. The van der Waals surface area contributed by atoms with Gasteiger partial charge in [0.1, 0.15) is 17.6 Å². The van der Waals surface area contributed by atoms with Crippen LogP contribution in [0.15, 0.2) is 41.1 Å². The SMILES string of the molecule is Cc1ccc(CNC(=O)C2CC(c3cccnc3)NN2)o1. The largest absolute Gasteiger partial charge is 0.465 e. The van der Waals surface area contributed by atoms with Crippen molar-refractivity contribution in [3.63, 3.8) is 0 Å². The number of aryl methyl sites for hydroxylation is 1. The van der Waals surface area contributed by atoms with E-state index in [1.807, 2.05) is 37.4 Å². The Morgan fingerprint density at radius 3 is 3.05 bits per heavy atom. The number of hydrazine groups is 1. The summed E-state index contributed by atoms with van der Waals surface area (Å²) in [7, 11) is 0. The molecule has 1 aliphatic rings. The second kappa shape index (κ2) is 6.07. The minimum absolute atomic E-state index is 0.0389. The molecule has 1 saturated heterocycles. The van der Waals surface area contributed by atoms with Gasteiger partial charge in [-0.3, -0.25) is 9.78 Å². The first kappa shape index (κ1) is 13.8. The number of rotatable bonds is 4. The molecule has 21 heavy (non-hydrogen) atoms. The molecule has 3 heterocycles. The Labute approximate surface area is 122 Å². The van der Waals surface area contributed by atoms with Crippen molar-refractivity contribution in [1.29, 1.82) is 0 Å². The Kier molecular flexibility index (Phi) is 3.98. The van der Waals surface area contributed by atoms with Crippen molar-refractivity contribution >= 4 is 5.91 Å². The zero-order valence-corrected chi connectivity index (χ0v) is 11.8. The Morgan fingerprint density at radius 1 is 1.43 bits per heavy atom. The maximum Gasteiger partial charge on any atom is 0.238 e. The van der Waals surface area contributed by atoms with Gasteiger partial charge in [-0.2, -0.15) is 0 Å². The van der Waals surface area contributed by atoms with E-state index in [1.54, 1.807) is 6.20 Å². The van der Waals surface area contributed by atoms with Crippen molar-refractivity contribution in [3.05, 3.63) is 53.7 Å². The lowest BCUT2D eigenvalue weighted by atomic mass is 10.0. The molecule has 0 radical (unpaired) electrons. The molecule has 1 aliphatic heterocycles. The highest BCUT2D eigenvalue weighted by Crippen LogP contribution is 2.21. The van der Waals surface area contributed by atoms with Gasteiger partial charge in [-0.25, -0.2) is 10.9 Å². The van der Waals surface area contributed by atoms with Gasteiger partial charge < -0.3 is 9.73 Å². The number of nitrogens with zero attached hydrogens (tertiary/aromatic N) is 1. The van der Waals surface area contributed by atoms with E-state index in [0.717, 1.165) is 17.1 Å². The molecule has 0 spiro atoms. The molecule has 2 atom stereocenters. The number of pyridine rings is 1. The normalized spacial score (nSPS) is 21.4. The summed E-state index contributed by atoms with van der Waals surface area (Å²) < 4.78 is 5.43. The Morgan fingerprint density at radius 2 is 2.33 bits per heavy atom. The van der Waals surface area contributed by atoms with Crippen molar-refractivity contribution in [1.82, 2.24) is 21.2 Å². The fourth-order valence-electron chi connectivity index (χ4n) is 2.41. The molecule has 0 aromatic carbocycles. The number of carbonyl (C=O) groups is 1. The van der Waals surface area contributed by atoms with Crippen molar-refractivity contribution in [2.75, 3.05) is 0 Å². The first-order valence-corrected chi connectivity index (χ1v) is 6.96.